The number of aliphatic hydroxyl groups is 1. The minimum atomic E-state index is -3.74. The van der Waals surface area contributed by atoms with Crippen molar-refractivity contribution in [3.8, 4) is 6.07 Å². The van der Waals surface area contributed by atoms with E-state index in [1.807, 2.05) is 0 Å². The summed E-state index contributed by atoms with van der Waals surface area (Å²) in [5.41, 5.74) is -0.133. The summed E-state index contributed by atoms with van der Waals surface area (Å²) in [7, 11) is -3.74. The highest BCUT2D eigenvalue weighted by atomic mass is 32.2. The van der Waals surface area contributed by atoms with Crippen LogP contribution in [-0.2, 0) is 14.8 Å². The third-order valence-corrected chi connectivity index (χ3v) is 3.65. The molecule has 1 rings (SSSR count). The van der Waals surface area contributed by atoms with E-state index in [1.54, 1.807) is 6.07 Å². The lowest BCUT2D eigenvalue weighted by Crippen LogP contribution is -2.26. The summed E-state index contributed by atoms with van der Waals surface area (Å²) in [6.45, 7) is 0.704. The van der Waals surface area contributed by atoms with Gasteiger partial charge in [0.1, 0.15) is 11.0 Å². The van der Waals surface area contributed by atoms with Gasteiger partial charge in [-0.15, -0.1) is 0 Å². The van der Waals surface area contributed by atoms with E-state index in [1.165, 1.54) is 18.3 Å². The van der Waals surface area contributed by atoms with E-state index < -0.39 is 10.0 Å². The summed E-state index contributed by atoms with van der Waals surface area (Å²) in [5.74, 6) is 0. The van der Waals surface area contributed by atoms with Gasteiger partial charge in [0.05, 0.1) is 13.2 Å². The van der Waals surface area contributed by atoms with Crippen molar-refractivity contribution in [3.63, 3.8) is 0 Å². The normalized spacial score (nSPS) is 11.2. The van der Waals surface area contributed by atoms with Crippen LogP contribution in [0.1, 0.15) is 12.1 Å². The smallest absolute Gasteiger partial charge is 0.243 e. The molecule has 0 atom stereocenters. The van der Waals surface area contributed by atoms with E-state index in [9.17, 15) is 8.42 Å². The van der Waals surface area contributed by atoms with Crippen LogP contribution in [0.3, 0.4) is 0 Å². The van der Waals surface area contributed by atoms with Gasteiger partial charge in [0, 0.05) is 19.3 Å². The van der Waals surface area contributed by atoms with E-state index in [0.717, 1.165) is 0 Å². The highest BCUT2D eigenvalue weighted by Gasteiger charge is 2.18. The molecule has 19 heavy (non-hydrogen) atoms. The molecule has 0 aromatic carbocycles. The quantitative estimate of drug-likeness (QED) is 0.630. The van der Waals surface area contributed by atoms with Crippen molar-refractivity contribution < 1.29 is 18.3 Å². The van der Waals surface area contributed by atoms with Crippen molar-refractivity contribution >= 4 is 10.0 Å². The number of nitrogens with one attached hydrogen (secondary N) is 1. The Morgan fingerprint density at radius 1 is 1.47 bits per heavy atom. The zero-order chi connectivity index (χ0) is 14.1. The molecule has 0 saturated heterocycles. The van der Waals surface area contributed by atoms with Crippen LogP contribution < -0.4 is 4.72 Å². The van der Waals surface area contributed by atoms with Crippen LogP contribution in [0, 0.1) is 11.3 Å². The Labute approximate surface area is 111 Å². The van der Waals surface area contributed by atoms with Gasteiger partial charge in [0.25, 0.3) is 0 Å². The number of rotatable bonds is 8. The number of hydrogen-bond donors (Lipinski definition) is 2. The molecule has 0 unspecified atom stereocenters. The number of hydrogen-bond acceptors (Lipinski definition) is 6. The molecule has 0 saturated carbocycles. The average molecular weight is 285 g/mol. The minimum absolute atomic E-state index is 0.0626. The Morgan fingerprint density at radius 2 is 2.26 bits per heavy atom. The van der Waals surface area contributed by atoms with Gasteiger partial charge in [-0.1, -0.05) is 0 Å². The number of aliphatic hydroxyl groups excluding tert-OH is 1. The lowest BCUT2D eigenvalue weighted by Gasteiger charge is -2.07. The van der Waals surface area contributed by atoms with E-state index in [4.69, 9.17) is 15.1 Å². The summed E-state index contributed by atoms with van der Waals surface area (Å²) in [6.07, 6.45) is 1.84. The number of sulfonamides is 1. The second-order valence-corrected chi connectivity index (χ2v) is 5.28. The molecule has 0 fully saturated rings. The Balaban J connectivity index is 2.55. The average Bonchev–Trinajstić information content (AvgIpc) is 2.42. The number of aromatic nitrogens is 1. The molecule has 0 aliphatic rings. The molecule has 0 radical (unpaired) electrons. The van der Waals surface area contributed by atoms with Gasteiger partial charge in [-0.05, 0) is 18.6 Å². The molecular weight excluding hydrogens is 270 g/mol. The molecule has 7 nitrogen and oxygen atoms in total. The van der Waals surface area contributed by atoms with Gasteiger partial charge in [-0.3, -0.25) is 0 Å². The van der Waals surface area contributed by atoms with Crippen molar-refractivity contribution in [1.29, 1.82) is 5.26 Å². The maximum atomic E-state index is 11.9. The number of nitrogens with zero attached hydrogens (tertiary/aromatic N) is 2. The first kappa shape index (κ1) is 15.5. The highest BCUT2D eigenvalue weighted by molar-refractivity contribution is 7.89. The lowest BCUT2D eigenvalue weighted by atomic mass is 10.4. The number of nitriles is 1. The number of pyridine rings is 1. The van der Waals surface area contributed by atoms with E-state index in [0.29, 0.717) is 13.0 Å². The van der Waals surface area contributed by atoms with Gasteiger partial charge in [0.15, 0.2) is 5.69 Å². The molecule has 1 heterocycles. The Morgan fingerprint density at radius 3 is 2.95 bits per heavy atom. The minimum Gasteiger partial charge on any atom is -0.394 e. The SMILES string of the molecule is N#Cc1ncccc1S(=O)(=O)NCCCOCCO. The van der Waals surface area contributed by atoms with Crippen LogP contribution in [0.25, 0.3) is 0 Å². The largest absolute Gasteiger partial charge is 0.394 e. The fourth-order valence-corrected chi connectivity index (χ4v) is 2.50. The van der Waals surface area contributed by atoms with Crippen molar-refractivity contribution in [1.82, 2.24) is 9.71 Å². The molecule has 1 aromatic heterocycles. The van der Waals surface area contributed by atoms with Gasteiger partial charge in [-0.2, -0.15) is 5.26 Å². The Kier molecular flexibility index (Phi) is 6.38. The first-order valence-electron chi connectivity index (χ1n) is 5.65. The molecule has 8 heteroatoms. The van der Waals surface area contributed by atoms with Crippen LogP contribution in [0.15, 0.2) is 23.2 Å². The number of ether oxygens (including phenoxy) is 1. The monoisotopic (exact) mass is 285 g/mol. The standard InChI is InChI=1S/C11H15N3O4S/c12-9-10-11(3-1-4-13-10)19(16,17)14-5-2-7-18-8-6-15/h1,3-4,14-15H,2,5-8H2. The van der Waals surface area contributed by atoms with E-state index in [-0.39, 0.29) is 30.3 Å². The van der Waals surface area contributed by atoms with Crippen LogP contribution in [0.4, 0.5) is 0 Å². The summed E-state index contributed by atoms with van der Waals surface area (Å²) in [6, 6.07) is 4.52. The van der Waals surface area contributed by atoms with Gasteiger partial charge in [-0.25, -0.2) is 18.1 Å². The first-order chi connectivity index (χ1) is 9.11. The lowest BCUT2D eigenvalue weighted by molar-refractivity contribution is 0.0913. The maximum Gasteiger partial charge on any atom is 0.243 e. The molecule has 0 spiro atoms. The topological polar surface area (TPSA) is 112 Å². The van der Waals surface area contributed by atoms with Gasteiger partial charge in [0.2, 0.25) is 10.0 Å². The Hall–Kier alpha value is -1.53. The fraction of sp³-hybridized carbons (Fsp3) is 0.455. The summed E-state index contributed by atoms with van der Waals surface area (Å²) in [4.78, 5) is 3.57. The molecular formula is C11H15N3O4S. The predicted molar refractivity (Wildman–Crippen MR) is 66.7 cm³/mol. The van der Waals surface area contributed by atoms with Crippen molar-refractivity contribution in [2.45, 2.75) is 11.3 Å². The van der Waals surface area contributed by atoms with Crippen molar-refractivity contribution in [3.05, 3.63) is 24.0 Å². The molecule has 0 amide bonds. The summed E-state index contributed by atoms with van der Waals surface area (Å²) >= 11 is 0. The molecule has 2 N–H and O–H groups in total. The third kappa shape index (κ3) is 4.92. The second-order valence-electron chi connectivity index (χ2n) is 3.55. The zero-order valence-electron chi connectivity index (χ0n) is 10.2. The van der Waals surface area contributed by atoms with E-state index >= 15 is 0 Å². The maximum absolute atomic E-state index is 11.9. The van der Waals surface area contributed by atoms with Gasteiger partial charge < -0.3 is 9.84 Å². The van der Waals surface area contributed by atoms with Crippen LogP contribution in [0.2, 0.25) is 0 Å². The van der Waals surface area contributed by atoms with Crippen LogP contribution in [0.5, 0.6) is 0 Å². The highest BCUT2D eigenvalue weighted by Crippen LogP contribution is 2.11. The second kappa shape index (κ2) is 7.81. The van der Waals surface area contributed by atoms with Crippen LogP contribution in [-0.4, -0.2) is 44.9 Å². The first-order valence-corrected chi connectivity index (χ1v) is 7.13. The van der Waals surface area contributed by atoms with Crippen LogP contribution >= 0.6 is 0 Å². The molecule has 0 aliphatic heterocycles. The summed E-state index contributed by atoms with van der Waals surface area (Å²) in [5, 5.41) is 17.3. The molecule has 0 bridgehead atoms. The molecule has 0 aliphatic carbocycles. The Bertz CT molecular complexity index is 539. The molecule has 104 valence electrons. The van der Waals surface area contributed by atoms with Gasteiger partial charge >= 0.3 is 0 Å². The van der Waals surface area contributed by atoms with Crippen molar-refractivity contribution in [2.24, 2.45) is 0 Å². The predicted octanol–water partition coefficient (Wildman–Crippen LogP) is -0.369. The fourth-order valence-electron chi connectivity index (χ4n) is 1.32. The van der Waals surface area contributed by atoms with Crippen molar-refractivity contribution in [2.75, 3.05) is 26.4 Å². The third-order valence-electron chi connectivity index (χ3n) is 2.16. The van der Waals surface area contributed by atoms with E-state index in [2.05, 4.69) is 9.71 Å². The summed E-state index contributed by atoms with van der Waals surface area (Å²) < 4.78 is 31.2. The zero-order valence-corrected chi connectivity index (χ0v) is 11.1. The molecule has 1 aromatic rings.